The van der Waals surface area contributed by atoms with Crippen LogP contribution in [0.5, 0.6) is 0 Å². The number of halogens is 2. The molecular formula is C14H17ClFNO2. The zero-order valence-corrected chi connectivity index (χ0v) is 11.6. The van der Waals surface area contributed by atoms with Crippen LogP contribution >= 0.6 is 11.6 Å². The molecule has 1 aromatic rings. The summed E-state index contributed by atoms with van der Waals surface area (Å²) >= 11 is 5.73. The quantitative estimate of drug-likeness (QED) is 0.853. The van der Waals surface area contributed by atoms with Crippen LogP contribution in [-0.2, 0) is 9.53 Å². The highest BCUT2D eigenvalue weighted by atomic mass is 35.5. The maximum atomic E-state index is 13.9. The highest BCUT2D eigenvalue weighted by molar-refractivity contribution is 6.30. The predicted octanol–water partition coefficient (Wildman–Crippen LogP) is 3.26. The maximum Gasteiger partial charge on any atom is 0.230 e. The summed E-state index contributed by atoms with van der Waals surface area (Å²) in [6, 6.07) is 4.38. The third-order valence-corrected chi connectivity index (χ3v) is 3.59. The van der Waals surface area contributed by atoms with Crippen molar-refractivity contribution >= 4 is 23.2 Å². The summed E-state index contributed by atoms with van der Waals surface area (Å²) in [4.78, 5) is 13.9. The molecule has 0 spiro atoms. The van der Waals surface area contributed by atoms with Crippen LogP contribution in [0, 0.1) is 11.7 Å². The minimum Gasteiger partial charge on any atom is -0.381 e. The molecule has 19 heavy (non-hydrogen) atoms. The molecule has 1 aliphatic rings. The lowest BCUT2D eigenvalue weighted by atomic mass is 9.98. The van der Waals surface area contributed by atoms with E-state index in [1.54, 1.807) is 12.1 Å². The van der Waals surface area contributed by atoms with Crippen LogP contribution in [-0.4, -0.2) is 25.7 Å². The topological polar surface area (TPSA) is 29.5 Å². The number of benzene rings is 1. The smallest absolute Gasteiger partial charge is 0.230 e. The van der Waals surface area contributed by atoms with Gasteiger partial charge < -0.3 is 9.64 Å². The summed E-state index contributed by atoms with van der Waals surface area (Å²) in [6.07, 6.45) is 1.40. The molecule has 0 aromatic heterocycles. The van der Waals surface area contributed by atoms with Crippen molar-refractivity contribution in [3.8, 4) is 0 Å². The third kappa shape index (κ3) is 3.25. The van der Waals surface area contributed by atoms with Crippen LogP contribution in [0.1, 0.15) is 19.8 Å². The molecule has 104 valence electrons. The van der Waals surface area contributed by atoms with E-state index in [9.17, 15) is 9.18 Å². The first-order valence-corrected chi connectivity index (χ1v) is 6.85. The molecule has 0 aliphatic carbocycles. The van der Waals surface area contributed by atoms with Crippen molar-refractivity contribution in [3.63, 3.8) is 0 Å². The molecule has 1 fully saturated rings. The molecule has 0 radical (unpaired) electrons. The van der Waals surface area contributed by atoms with Crippen LogP contribution in [0.3, 0.4) is 0 Å². The zero-order chi connectivity index (χ0) is 13.8. The number of anilines is 1. The molecule has 0 unspecified atom stereocenters. The van der Waals surface area contributed by atoms with Crippen molar-refractivity contribution in [2.75, 3.05) is 24.7 Å². The average Bonchev–Trinajstić information content (AvgIpc) is 2.42. The van der Waals surface area contributed by atoms with Gasteiger partial charge in [0.05, 0.1) is 5.69 Å². The van der Waals surface area contributed by atoms with Gasteiger partial charge >= 0.3 is 0 Å². The highest BCUT2D eigenvalue weighted by Crippen LogP contribution is 2.26. The van der Waals surface area contributed by atoms with Crippen molar-refractivity contribution in [1.82, 2.24) is 0 Å². The number of rotatable bonds is 3. The van der Waals surface area contributed by atoms with Gasteiger partial charge in [0.2, 0.25) is 5.91 Å². The van der Waals surface area contributed by atoms with E-state index < -0.39 is 5.82 Å². The fourth-order valence-electron chi connectivity index (χ4n) is 2.31. The average molecular weight is 286 g/mol. The molecule has 0 bridgehead atoms. The Bertz CT molecular complexity index is 461. The summed E-state index contributed by atoms with van der Waals surface area (Å²) < 4.78 is 19.2. The van der Waals surface area contributed by atoms with E-state index >= 15 is 0 Å². The summed E-state index contributed by atoms with van der Waals surface area (Å²) in [7, 11) is 0. The van der Waals surface area contributed by atoms with Gasteiger partial charge in [0, 0.05) is 30.7 Å². The van der Waals surface area contributed by atoms with E-state index in [0.29, 0.717) is 43.3 Å². The number of carbonyl (C=O) groups is 1. The molecule has 0 atom stereocenters. The second-order valence-electron chi connectivity index (χ2n) is 4.56. The molecule has 5 heteroatoms. The number of amides is 1. The maximum absolute atomic E-state index is 13.9. The normalized spacial score (nSPS) is 16.4. The Morgan fingerprint density at radius 2 is 2.16 bits per heavy atom. The fraction of sp³-hybridized carbons (Fsp3) is 0.500. The van der Waals surface area contributed by atoms with Crippen molar-refractivity contribution in [1.29, 1.82) is 0 Å². The van der Waals surface area contributed by atoms with Gasteiger partial charge in [0.15, 0.2) is 0 Å². The van der Waals surface area contributed by atoms with Gasteiger partial charge in [-0.15, -0.1) is 0 Å². The monoisotopic (exact) mass is 285 g/mol. The minimum atomic E-state index is -0.463. The number of carbonyl (C=O) groups excluding carboxylic acids is 1. The Morgan fingerprint density at radius 3 is 2.74 bits per heavy atom. The molecule has 2 rings (SSSR count). The number of nitrogens with zero attached hydrogens (tertiary/aromatic N) is 1. The Morgan fingerprint density at radius 1 is 1.47 bits per heavy atom. The van der Waals surface area contributed by atoms with Gasteiger partial charge in [0.25, 0.3) is 0 Å². The van der Waals surface area contributed by atoms with Crippen molar-refractivity contribution < 1.29 is 13.9 Å². The Labute approximate surface area is 117 Å². The fourth-order valence-corrected chi connectivity index (χ4v) is 2.47. The van der Waals surface area contributed by atoms with Crippen LogP contribution in [0.4, 0.5) is 10.1 Å². The minimum absolute atomic E-state index is 0.0352. The first kappa shape index (κ1) is 14.3. The van der Waals surface area contributed by atoms with Gasteiger partial charge in [-0.1, -0.05) is 11.6 Å². The van der Waals surface area contributed by atoms with E-state index in [2.05, 4.69) is 0 Å². The number of hydrogen-bond acceptors (Lipinski definition) is 2. The van der Waals surface area contributed by atoms with E-state index in [0.717, 1.165) is 0 Å². The lowest BCUT2D eigenvalue weighted by molar-refractivity contribution is -0.125. The lowest BCUT2D eigenvalue weighted by Gasteiger charge is -2.28. The summed E-state index contributed by atoms with van der Waals surface area (Å²) in [5.74, 6) is -0.578. The second kappa shape index (κ2) is 6.35. The van der Waals surface area contributed by atoms with E-state index in [-0.39, 0.29) is 11.8 Å². The van der Waals surface area contributed by atoms with E-state index in [4.69, 9.17) is 16.3 Å². The number of ether oxygens (including phenoxy) is 1. The molecule has 0 saturated carbocycles. The standard InChI is InChI=1S/C14H17ClFNO2/c1-2-17(13-4-3-11(15)9-12(13)16)14(18)10-5-7-19-8-6-10/h3-4,9-10H,2,5-8H2,1H3. The van der Waals surface area contributed by atoms with Crippen LogP contribution in [0.2, 0.25) is 5.02 Å². The van der Waals surface area contributed by atoms with E-state index in [1.807, 2.05) is 6.92 Å². The van der Waals surface area contributed by atoms with E-state index in [1.165, 1.54) is 11.0 Å². The number of hydrogen-bond donors (Lipinski definition) is 0. The lowest BCUT2D eigenvalue weighted by Crippen LogP contribution is -2.39. The Balaban J connectivity index is 2.20. The van der Waals surface area contributed by atoms with Crippen LogP contribution in [0.25, 0.3) is 0 Å². The summed E-state index contributed by atoms with van der Waals surface area (Å²) in [6.45, 7) is 3.47. The van der Waals surface area contributed by atoms with Gasteiger partial charge in [-0.25, -0.2) is 4.39 Å². The molecule has 0 N–H and O–H groups in total. The summed E-state index contributed by atoms with van der Waals surface area (Å²) in [5.41, 5.74) is 0.295. The Hall–Kier alpha value is -1.13. The molecule has 3 nitrogen and oxygen atoms in total. The molecule has 1 saturated heterocycles. The largest absolute Gasteiger partial charge is 0.381 e. The first-order chi connectivity index (χ1) is 9.13. The second-order valence-corrected chi connectivity index (χ2v) is 5.00. The molecular weight excluding hydrogens is 269 g/mol. The van der Waals surface area contributed by atoms with Crippen LogP contribution < -0.4 is 4.90 Å². The third-order valence-electron chi connectivity index (χ3n) is 3.35. The van der Waals surface area contributed by atoms with Gasteiger partial charge in [-0.3, -0.25) is 4.79 Å². The zero-order valence-electron chi connectivity index (χ0n) is 10.9. The van der Waals surface area contributed by atoms with Gasteiger partial charge in [-0.05, 0) is 38.0 Å². The van der Waals surface area contributed by atoms with Gasteiger partial charge in [0.1, 0.15) is 5.82 Å². The molecule has 1 aromatic carbocycles. The molecule has 1 heterocycles. The van der Waals surface area contributed by atoms with Crippen molar-refractivity contribution in [2.24, 2.45) is 5.92 Å². The predicted molar refractivity (Wildman–Crippen MR) is 73.0 cm³/mol. The van der Waals surface area contributed by atoms with Crippen molar-refractivity contribution in [2.45, 2.75) is 19.8 Å². The highest BCUT2D eigenvalue weighted by Gasteiger charge is 2.27. The van der Waals surface area contributed by atoms with Gasteiger partial charge in [-0.2, -0.15) is 0 Å². The molecule has 1 aliphatic heterocycles. The summed E-state index contributed by atoms with van der Waals surface area (Å²) in [5, 5.41) is 0.329. The van der Waals surface area contributed by atoms with Crippen LogP contribution in [0.15, 0.2) is 18.2 Å². The Kier molecular flexibility index (Phi) is 4.77. The SMILES string of the molecule is CCN(C(=O)C1CCOCC1)c1ccc(Cl)cc1F. The molecule has 1 amide bonds. The first-order valence-electron chi connectivity index (χ1n) is 6.47. The van der Waals surface area contributed by atoms with Crippen molar-refractivity contribution in [3.05, 3.63) is 29.0 Å².